The molecule has 1 aliphatic heterocycles. The molecule has 110 valence electrons. The minimum atomic E-state index is -0.874. The fourth-order valence-corrected chi connectivity index (χ4v) is 2.55. The fourth-order valence-electron chi connectivity index (χ4n) is 2.55. The van der Waals surface area contributed by atoms with Crippen molar-refractivity contribution in [2.45, 2.75) is 18.6 Å². The molecule has 2 unspecified atom stereocenters. The van der Waals surface area contributed by atoms with E-state index in [1.807, 2.05) is 0 Å². The first-order valence-corrected chi connectivity index (χ1v) is 6.56. The van der Waals surface area contributed by atoms with Crippen LogP contribution in [0.2, 0.25) is 0 Å². The van der Waals surface area contributed by atoms with Gasteiger partial charge in [-0.1, -0.05) is 6.07 Å². The molecule has 0 radical (unpaired) electrons. The predicted octanol–water partition coefficient (Wildman–Crippen LogP) is 3.53. The molecular weight excluding hydrogens is 278 g/mol. The van der Waals surface area contributed by atoms with E-state index >= 15 is 0 Å². The maximum Gasteiger partial charge on any atom is 0.133 e. The van der Waals surface area contributed by atoms with Crippen LogP contribution in [0, 0.1) is 11.6 Å². The van der Waals surface area contributed by atoms with Gasteiger partial charge >= 0.3 is 0 Å². The third kappa shape index (κ3) is 2.45. The van der Waals surface area contributed by atoms with Gasteiger partial charge in [-0.3, -0.25) is 0 Å². The summed E-state index contributed by atoms with van der Waals surface area (Å²) in [5.74, 6) is -0.437. The van der Waals surface area contributed by atoms with Gasteiger partial charge in [0.05, 0.1) is 18.8 Å². The molecule has 21 heavy (non-hydrogen) atoms. The first-order chi connectivity index (χ1) is 10.1. The second-order valence-electron chi connectivity index (χ2n) is 4.90. The summed E-state index contributed by atoms with van der Waals surface area (Å²) in [5.41, 5.74) is 0.425. The molecule has 1 aliphatic rings. The molecule has 3 nitrogen and oxygen atoms in total. The Labute approximate surface area is 120 Å². The second kappa shape index (κ2) is 5.33. The molecular formula is C16H14F2O3. The van der Waals surface area contributed by atoms with Crippen molar-refractivity contribution in [2.24, 2.45) is 0 Å². The van der Waals surface area contributed by atoms with E-state index in [1.165, 1.54) is 25.3 Å². The van der Waals surface area contributed by atoms with E-state index in [9.17, 15) is 13.9 Å². The van der Waals surface area contributed by atoms with Crippen LogP contribution in [0.25, 0.3) is 0 Å². The van der Waals surface area contributed by atoms with Crippen molar-refractivity contribution >= 4 is 0 Å². The molecule has 1 N–H and O–H groups in total. The molecule has 0 bridgehead atoms. The first-order valence-electron chi connectivity index (χ1n) is 6.56. The zero-order valence-corrected chi connectivity index (χ0v) is 11.3. The lowest BCUT2D eigenvalue weighted by Gasteiger charge is -2.30. The van der Waals surface area contributed by atoms with Gasteiger partial charge in [0.25, 0.3) is 0 Å². The zero-order chi connectivity index (χ0) is 15.0. The Bertz CT molecular complexity index is 652. The molecule has 0 spiro atoms. The summed E-state index contributed by atoms with van der Waals surface area (Å²) in [6.07, 6.45) is -1.62. The van der Waals surface area contributed by atoms with Crippen LogP contribution in [0.1, 0.15) is 29.8 Å². The van der Waals surface area contributed by atoms with Gasteiger partial charge in [0, 0.05) is 18.1 Å². The quantitative estimate of drug-likeness (QED) is 0.920. The Hall–Kier alpha value is -2.14. The average Bonchev–Trinajstić information content (AvgIpc) is 2.46. The van der Waals surface area contributed by atoms with Crippen LogP contribution in [0.15, 0.2) is 36.4 Å². The predicted molar refractivity (Wildman–Crippen MR) is 72.3 cm³/mol. The summed E-state index contributed by atoms with van der Waals surface area (Å²) < 4.78 is 38.5. The molecule has 0 amide bonds. The molecule has 0 aliphatic carbocycles. The SMILES string of the molecule is COc1ccc2c(c1)OC(c1c(F)cccc1F)CC2O. The maximum atomic E-state index is 13.9. The summed E-state index contributed by atoms with van der Waals surface area (Å²) in [5, 5.41) is 10.2. The summed E-state index contributed by atoms with van der Waals surface area (Å²) in [6, 6.07) is 8.64. The normalized spacial score (nSPS) is 20.6. The largest absolute Gasteiger partial charge is 0.497 e. The number of methoxy groups -OCH3 is 1. The van der Waals surface area contributed by atoms with Crippen molar-refractivity contribution < 1.29 is 23.4 Å². The summed E-state index contributed by atoms with van der Waals surface area (Å²) in [7, 11) is 1.51. The van der Waals surface area contributed by atoms with Crippen LogP contribution in [0.4, 0.5) is 8.78 Å². The number of hydrogen-bond donors (Lipinski definition) is 1. The van der Waals surface area contributed by atoms with Crippen molar-refractivity contribution in [1.29, 1.82) is 0 Å². The number of aliphatic hydroxyl groups is 1. The number of hydrogen-bond acceptors (Lipinski definition) is 3. The molecule has 0 saturated carbocycles. The minimum Gasteiger partial charge on any atom is -0.497 e. The number of aliphatic hydroxyl groups excluding tert-OH is 1. The van der Waals surface area contributed by atoms with Gasteiger partial charge in [-0.05, 0) is 24.3 Å². The Morgan fingerprint density at radius 1 is 1.19 bits per heavy atom. The Morgan fingerprint density at radius 3 is 2.57 bits per heavy atom. The van der Waals surface area contributed by atoms with E-state index < -0.39 is 23.8 Å². The van der Waals surface area contributed by atoms with Gasteiger partial charge < -0.3 is 14.6 Å². The lowest BCUT2D eigenvalue weighted by Crippen LogP contribution is -2.21. The third-order valence-corrected chi connectivity index (χ3v) is 3.61. The summed E-state index contributed by atoms with van der Waals surface area (Å²) in [6.45, 7) is 0. The van der Waals surface area contributed by atoms with Gasteiger partial charge in [-0.25, -0.2) is 8.78 Å². The molecule has 0 fully saturated rings. The molecule has 0 aromatic heterocycles. The Morgan fingerprint density at radius 2 is 1.90 bits per heavy atom. The van der Waals surface area contributed by atoms with Gasteiger partial charge in [0.15, 0.2) is 0 Å². The van der Waals surface area contributed by atoms with E-state index in [2.05, 4.69) is 0 Å². The van der Waals surface area contributed by atoms with Gasteiger partial charge in [0.1, 0.15) is 29.2 Å². The smallest absolute Gasteiger partial charge is 0.133 e. The Kier molecular flexibility index (Phi) is 3.51. The number of fused-ring (bicyclic) bond motifs is 1. The lowest BCUT2D eigenvalue weighted by molar-refractivity contribution is 0.0619. The van der Waals surface area contributed by atoms with Crippen molar-refractivity contribution in [3.63, 3.8) is 0 Å². The highest BCUT2D eigenvalue weighted by molar-refractivity contribution is 5.44. The number of rotatable bonds is 2. The topological polar surface area (TPSA) is 38.7 Å². The van der Waals surface area contributed by atoms with Crippen LogP contribution in [-0.4, -0.2) is 12.2 Å². The van der Waals surface area contributed by atoms with Crippen molar-refractivity contribution in [2.75, 3.05) is 7.11 Å². The molecule has 3 rings (SSSR count). The summed E-state index contributed by atoms with van der Waals surface area (Å²) in [4.78, 5) is 0. The molecule has 5 heteroatoms. The van der Waals surface area contributed by atoms with Crippen LogP contribution < -0.4 is 9.47 Å². The van der Waals surface area contributed by atoms with Gasteiger partial charge in [-0.15, -0.1) is 0 Å². The summed E-state index contributed by atoms with van der Waals surface area (Å²) >= 11 is 0. The van der Waals surface area contributed by atoms with E-state index in [-0.39, 0.29) is 12.0 Å². The van der Waals surface area contributed by atoms with Crippen LogP contribution in [0.5, 0.6) is 11.5 Å². The van der Waals surface area contributed by atoms with Crippen LogP contribution in [0.3, 0.4) is 0 Å². The highest BCUT2D eigenvalue weighted by Crippen LogP contribution is 2.43. The average molecular weight is 292 g/mol. The molecule has 1 heterocycles. The van der Waals surface area contributed by atoms with Crippen molar-refractivity contribution in [3.05, 3.63) is 59.2 Å². The van der Waals surface area contributed by atoms with Crippen LogP contribution in [-0.2, 0) is 0 Å². The number of halogens is 2. The molecule has 2 aromatic rings. The van der Waals surface area contributed by atoms with Crippen molar-refractivity contribution in [3.8, 4) is 11.5 Å². The highest BCUT2D eigenvalue weighted by Gasteiger charge is 2.31. The van der Waals surface area contributed by atoms with E-state index in [4.69, 9.17) is 9.47 Å². The molecule has 2 atom stereocenters. The standard InChI is InChI=1S/C16H14F2O3/c1-20-9-5-6-10-13(19)8-15(21-14(10)7-9)16-11(17)3-2-4-12(16)18/h2-7,13,15,19H,8H2,1H3. The van der Waals surface area contributed by atoms with E-state index in [1.54, 1.807) is 18.2 Å². The third-order valence-electron chi connectivity index (χ3n) is 3.61. The first kappa shape index (κ1) is 13.8. The number of benzene rings is 2. The lowest BCUT2D eigenvalue weighted by atomic mass is 9.94. The Balaban J connectivity index is 2.01. The zero-order valence-electron chi connectivity index (χ0n) is 11.3. The highest BCUT2D eigenvalue weighted by atomic mass is 19.1. The van der Waals surface area contributed by atoms with Crippen molar-refractivity contribution in [1.82, 2.24) is 0 Å². The number of ether oxygens (including phenoxy) is 2. The molecule has 2 aromatic carbocycles. The van der Waals surface area contributed by atoms with E-state index in [0.717, 1.165) is 0 Å². The maximum absolute atomic E-state index is 13.9. The monoisotopic (exact) mass is 292 g/mol. The fraction of sp³-hybridized carbons (Fsp3) is 0.250. The minimum absolute atomic E-state index is 0.0944. The van der Waals surface area contributed by atoms with Crippen LogP contribution >= 0.6 is 0 Å². The van der Waals surface area contributed by atoms with Gasteiger partial charge in [0.2, 0.25) is 0 Å². The van der Waals surface area contributed by atoms with E-state index in [0.29, 0.717) is 17.1 Å². The second-order valence-corrected chi connectivity index (χ2v) is 4.90. The molecule has 0 saturated heterocycles. The van der Waals surface area contributed by atoms with Gasteiger partial charge in [-0.2, -0.15) is 0 Å².